The Balaban J connectivity index is 1.63. The van der Waals surface area contributed by atoms with Gasteiger partial charge in [-0.05, 0) is 52.0 Å². The number of carbonyl (C=O) groups excluding carboxylic acids is 1. The van der Waals surface area contributed by atoms with Crippen molar-refractivity contribution >= 4 is 23.4 Å². The fraction of sp³-hybridized carbons (Fsp3) is 0.235. The molecule has 0 unspecified atom stereocenters. The maximum Gasteiger partial charge on any atom is 0.338 e. The quantitative estimate of drug-likeness (QED) is 0.252. The Kier molecular flexibility index (Phi) is 8.88. The van der Waals surface area contributed by atoms with Gasteiger partial charge >= 0.3 is 5.97 Å². The molecule has 9 heteroatoms. The van der Waals surface area contributed by atoms with E-state index in [1.54, 1.807) is 30.6 Å². The normalized spacial score (nSPS) is 14.6. The molecule has 0 saturated carbocycles. The average molecular weight is 594 g/mol. The van der Waals surface area contributed by atoms with E-state index >= 15 is 0 Å². The van der Waals surface area contributed by atoms with E-state index in [2.05, 4.69) is 11.1 Å². The summed E-state index contributed by atoms with van der Waals surface area (Å²) in [7, 11) is 0. The molecule has 4 aromatic rings. The van der Waals surface area contributed by atoms with E-state index in [0.717, 1.165) is 5.56 Å². The predicted octanol–water partition coefficient (Wildman–Crippen LogP) is 5.04. The van der Waals surface area contributed by atoms with E-state index in [1.165, 1.54) is 11.3 Å². The molecule has 5 rings (SSSR count). The van der Waals surface area contributed by atoms with Crippen LogP contribution in [0.1, 0.15) is 56.0 Å². The molecule has 0 aliphatic carbocycles. The molecule has 1 aliphatic heterocycles. The minimum atomic E-state index is -0.790. The van der Waals surface area contributed by atoms with Gasteiger partial charge in [0.05, 0.1) is 40.1 Å². The van der Waals surface area contributed by atoms with Crippen LogP contribution in [0.5, 0.6) is 11.5 Å². The number of esters is 1. The van der Waals surface area contributed by atoms with Crippen LogP contribution in [0, 0.1) is 11.3 Å². The number of nitriles is 1. The minimum Gasteiger partial charge on any atom is -0.491 e. The zero-order valence-corrected chi connectivity index (χ0v) is 25.2. The van der Waals surface area contributed by atoms with Crippen LogP contribution in [0.15, 0.2) is 93.9 Å². The Bertz CT molecular complexity index is 1930. The molecule has 218 valence electrons. The second kappa shape index (κ2) is 12.9. The number of fused-ring (bicyclic) bond motifs is 1. The standard InChI is InChI=1S/C34H31N3O5S/c1-5-40-33(39)30-22(4)36-34-37(31(30)26-15-9-11-17-28(26)42-21(2)3)32(38)29(43-34)18-23-12-8-10-16-27(23)41-20-25-14-7-6-13-24(25)19-35/h6-18,21,31H,5,20H2,1-4H3/b29-18-/t31-/m0/s1. The van der Waals surface area contributed by atoms with Crippen molar-refractivity contribution in [1.29, 1.82) is 5.26 Å². The van der Waals surface area contributed by atoms with E-state index in [1.807, 2.05) is 80.6 Å². The minimum absolute atomic E-state index is 0.121. The lowest BCUT2D eigenvalue weighted by atomic mass is 9.95. The second-order valence-corrected chi connectivity index (χ2v) is 11.1. The summed E-state index contributed by atoms with van der Waals surface area (Å²) in [5.74, 6) is 0.612. The van der Waals surface area contributed by atoms with E-state index in [4.69, 9.17) is 14.2 Å². The van der Waals surface area contributed by atoms with Crippen molar-refractivity contribution in [3.05, 3.63) is 126 Å². The molecular formula is C34H31N3O5S. The smallest absolute Gasteiger partial charge is 0.338 e. The van der Waals surface area contributed by atoms with Crippen LogP contribution in [0.3, 0.4) is 0 Å². The Labute approximate surface area is 253 Å². The predicted molar refractivity (Wildman–Crippen MR) is 165 cm³/mol. The Morgan fingerprint density at radius 2 is 1.77 bits per heavy atom. The summed E-state index contributed by atoms with van der Waals surface area (Å²) in [4.78, 5) is 32.6. The molecule has 0 saturated heterocycles. The molecule has 1 aliphatic rings. The first kappa shape index (κ1) is 29.5. The summed E-state index contributed by atoms with van der Waals surface area (Å²) in [6.07, 6.45) is 1.65. The molecule has 1 aromatic heterocycles. The number of ether oxygens (including phenoxy) is 3. The maximum atomic E-state index is 14.1. The molecule has 8 nitrogen and oxygen atoms in total. The summed E-state index contributed by atoms with van der Waals surface area (Å²) in [6.45, 7) is 7.73. The van der Waals surface area contributed by atoms with Gasteiger partial charge in [-0.1, -0.05) is 65.9 Å². The molecule has 43 heavy (non-hydrogen) atoms. The van der Waals surface area contributed by atoms with Gasteiger partial charge in [0.15, 0.2) is 4.80 Å². The molecule has 0 radical (unpaired) electrons. The first-order chi connectivity index (χ1) is 20.8. The number of rotatable bonds is 9. The summed E-state index contributed by atoms with van der Waals surface area (Å²) in [5, 5.41) is 9.44. The first-order valence-corrected chi connectivity index (χ1v) is 14.8. The molecule has 1 atom stereocenters. The summed E-state index contributed by atoms with van der Waals surface area (Å²) < 4.78 is 19.6. The highest BCUT2D eigenvalue weighted by Crippen LogP contribution is 2.36. The number of thiazole rings is 1. The maximum absolute atomic E-state index is 14.1. The molecule has 0 amide bonds. The number of carbonyl (C=O) groups is 1. The number of nitrogens with zero attached hydrogens (tertiary/aromatic N) is 3. The van der Waals surface area contributed by atoms with Gasteiger partial charge in [-0.25, -0.2) is 9.79 Å². The van der Waals surface area contributed by atoms with Gasteiger partial charge in [0, 0.05) is 16.7 Å². The lowest BCUT2D eigenvalue weighted by Gasteiger charge is -2.26. The van der Waals surface area contributed by atoms with Gasteiger partial charge in [0.1, 0.15) is 24.1 Å². The largest absolute Gasteiger partial charge is 0.491 e. The van der Waals surface area contributed by atoms with Gasteiger partial charge in [0.2, 0.25) is 0 Å². The van der Waals surface area contributed by atoms with E-state index in [0.29, 0.717) is 48.8 Å². The average Bonchev–Trinajstić information content (AvgIpc) is 3.30. The molecule has 0 N–H and O–H groups in total. The highest BCUT2D eigenvalue weighted by atomic mass is 32.1. The van der Waals surface area contributed by atoms with E-state index in [-0.39, 0.29) is 24.9 Å². The van der Waals surface area contributed by atoms with Crippen LogP contribution in [-0.4, -0.2) is 23.2 Å². The van der Waals surface area contributed by atoms with Crippen molar-refractivity contribution in [3.63, 3.8) is 0 Å². The van der Waals surface area contributed by atoms with Crippen molar-refractivity contribution in [2.24, 2.45) is 4.99 Å². The summed E-state index contributed by atoms with van der Waals surface area (Å²) in [6, 6.07) is 23.5. The van der Waals surface area contributed by atoms with E-state index < -0.39 is 12.0 Å². The molecular weight excluding hydrogens is 562 g/mol. The zero-order chi connectivity index (χ0) is 30.5. The third kappa shape index (κ3) is 6.15. The molecule has 3 aromatic carbocycles. The Morgan fingerprint density at radius 1 is 1.07 bits per heavy atom. The fourth-order valence-corrected chi connectivity index (χ4v) is 5.97. The second-order valence-electron chi connectivity index (χ2n) is 10.1. The van der Waals surface area contributed by atoms with Crippen LogP contribution in [0.25, 0.3) is 6.08 Å². The molecule has 0 fully saturated rings. The van der Waals surface area contributed by atoms with Crippen LogP contribution in [0.2, 0.25) is 0 Å². The topological polar surface area (TPSA) is 103 Å². The van der Waals surface area contributed by atoms with Crippen molar-refractivity contribution in [3.8, 4) is 17.6 Å². The number of hydrogen-bond acceptors (Lipinski definition) is 8. The number of para-hydroxylation sites is 2. The van der Waals surface area contributed by atoms with Crippen molar-refractivity contribution in [1.82, 2.24) is 4.57 Å². The highest BCUT2D eigenvalue weighted by Gasteiger charge is 2.35. The van der Waals surface area contributed by atoms with Gasteiger partial charge in [-0.2, -0.15) is 5.26 Å². The Hall–Kier alpha value is -4.94. The number of aromatic nitrogens is 1. The monoisotopic (exact) mass is 593 g/mol. The lowest BCUT2D eigenvalue weighted by molar-refractivity contribution is -0.139. The molecule has 0 spiro atoms. The van der Waals surface area contributed by atoms with Gasteiger partial charge in [-0.3, -0.25) is 9.36 Å². The Morgan fingerprint density at radius 3 is 2.51 bits per heavy atom. The third-order valence-electron chi connectivity index (χ3n) is 6.82. The van der Waals surface area contributed by atoms with E-state index in [9.17, 15) is 14.9 Å². The zero-order valence-electron chi connectivity index (χ0n) is 24.4. The number of hydrogen-bond donors (Lipinski definition) is 0. The fourth-order valence-electron chi connectivity index (χ4n) is 4.94. The SMILES string of the molecule is CCOC(=O)C1=C(C)N=c2s/c(=C\c3ccccc3OCc3ccccc3C#N)c(=O)n2[C@H]1c1ccccc1OC(C)C. The molecule has 0 bridgehead atoms. The van der Waals surface area contributed by atoms with Crippen molar-refractivity contribution < 1.29 is 19.0 Å². The van der Waals surface area contributed by atoms with Gasteiger partial charge in [-0.15, -0.1) is 0 Å². The number of benzene rings is 3. The summed E-state index contributed by atoms with van der Waals surface area (Å²) >= 11 is 1.24. The highest BCUT2D eigenvalue weighted by molar-refractivity contribution is 7.07. The van der Waals surface area contributed by atoms with Crippen molar-refractivity contribution in [2.75, 3.05) is 6.61 Å². The molecule has 2 heterocycles. The van der Waals surface area contributed by atoms with Gasteiger partial charge in [0.25, 0.3) is 5.56 Å². The van der Waals surface area contributed by atoms with Crippen LogP contribution in [0.4, 0.5) is 0 Å². The third-order valence-corrected chi connectivity index (χ3v) is 7.80. The first-order valence-electron chi connectivity index (χ1n) is 14.0. The van der Waals surface area contributed by atoms with Crippen LogP contribution < -0.4 is 24.4 Å². The van der Waals surface area contributed by atoms with Crippen LogP contribution in [-0.2, 0) is 16.1 Å². The lowest BCUT2D eigenvalue weighted by Crippen LogP contribution is -2.40. The van der Waals surface area contributed by atoms with Crippen molar-refractivity contribution in [2.45, 2.75) is 46.4 Å². The van der Waals surface area contributed by atoms with Crippen LogP contribution >= 0.6 is 11.3 Å². The van der Waals surface area contributed by atoms with Gasteiger partial charge < -0.3 is 14.2 Å². The summed E-state index contributed by atoms with van der Waals surface area (Å²) in [5.41, 5.74) is 3.15. The number of allylic oxidation sites excluding steroid dienone is 1.